The highest BCUT2D eigenvalue weighted by Crippen LogP contribution is 2.09. The van der Waals surface area contributed by atoms with E-state index in [9.17, 15) is 9.90 Å². The average Bonchev–Trinajstić information content (AvgIpc) is 2.27. The van der Waals surface area contributed by atoms with Crippen LogP contribution in [0.2, 0.25) is 0 Å². The van der Waals surface area contributed by atoms with Gasteiger partial charge in [-0.2, -0.15) is 0 Å². The third-order valence-corrected chi connectivity index (χ3v) is 1.85. The van der Waals surface area contributed by atoms with Gasteiger partial charge in [0.15, 0.2) is 5.78 Å². The quantitative estimate of drug-likeness (QED) is 0.719. The van der Waals surface area contributed by atoms with Gasteiger partial charge in [-0.25, -0.2) is 0 Å². The summed E-state index contributed by atoms with van der Waals surface area (Å²) in [5.74, 6) is 0.502. The maximum atomic E-state index is 10.9. The van der Waals surface area contributed by atoms with E-state index >= 15 is 0 Å². The second-order valence-corrected chi connectivity index (χ2v) is 3.15. The van der Waals surface area contributed by atoms with Crippen molar-refractivity contribution in [2.24, 2.45) is 0 Å². The molecule has 0 aromatic heterocycles. The van der Waals surface area contributed by atoms with E-state index in [-0.39, 0.29) is 18.8 Å². The second kappa shape index (κ2) is 5.98. The fraction of sp³-hybridized carbons (Fsp3) is 0.250. The third kappa shape index (κ3) is 4.42. The van der Waals surface area contributed by atoms with Crippen LogP contribution < -0.4 is 4.74 Å². The third-order valence-electron chi connectivity index (χ3n) is 1.85. The topological polar surface area (TPSA) is 46.5 Å². The van der Waals surface area contributed by atoms with Crippen LogP contribution in [0.5, 0.6) is 5.75 Å². The van der Waals surface area contributed by atoms with Crippen molar-refractivity contribution in [3.63, 3.8) is 0 Å². The van der Waals surface area contributed by atoms with Gasteiger partial charge >= 0.3 is 0 Å². The molecular weight excluding hydrogens is 192 g/mol. The van der Waals surface area contributed by atoms with Crippen LogP contribution in [0.3, 0.4) is 0 Å². The standard InChI is InChI=1S/C12H14O3/c1-2-10(13)8-11(14)9-15-12-6-4-3-5-7-12/h2-7,11,14H,1,8-9H2. The number of aliphatic hydroxyl groups is 1. The van der Waals surface area contributed by atoms with Gasteiger partial charge in [-0.05, 0) is 18.2 Å². The van der Waals surface area contributed by atoms with E-state index in [0.29, 0.717) is 5.75 Å². The summed E-state index contributed by atoms with van der Waals surface area (Å²) in [6.45, 7) is 3.45. The van der Waals surface area contributed by atoms with E-state index in [1.54, 1.807) is 12.1 Å². The Morgan fingerprint density at radius 1 is 1.47 bits per heavy atom. The number of benzene rings is 1. The Morgan fingerprint density at radius 2 is 2.13 bits per heavy atom. The largest absolute Gasteiger partial charge is 0.491 e. The van der Waals surface area contributed by atoms with Crippen LogP contribution >= 0.6 is 0 Å². The van der Waals surface area contributed by atoms with E-state index < -0.39 is 6.10 Å². The summed E-state index contributed by atoms with van der Waals surface area (Å²) in [5.41, 5.74) is 0. The van der Waals surface area contributed by atoms with Gasteiger partial charge < -0.3 is 9.84 Å². The maximum absolute atomic E-state index is 10.9. The van der Waals surface area contributed by atoms with Gasteiger partial charge in [0.1, 0.15) is 12.4 Å². The molecule has 1 unspecified atom stereocenters. The lowest BCUT2D eigenvalue weighted by Gasteiger charge is -2.10. The van der Waals surface area contributed by atoms with E-state index in [2.05, 4.69) is 6.58 Å². The summed E-state index contributed by atoms with van der Waals surface area (Å²) in [4.78, 5) is 10.9. The average molecular weight is 206 g/mol. The van der Waals surface area contributed by atoms with Gasteiger partial charge in [-0.3, -0.25) is 4.79 Å². The van der Waals surface area contributed by atoms with Crippen molar-refractivity contribution < 1.29 is 14.6 Å². The summed E-state index contributed by atoms with van der Waals surface area (Å²) in [5, 5.41) is 9.42. The van der Waals surface area contributed by atoms with E-state index in [0.717, 1.165) is 0 Å². The van der Waals surface area contributed by atoms with Crippen LogP contribution in [0.1, 0.15) is 6.42 Å². The number of carbonyl (C=O) groups excluding carboxylic acids is 1. The Balaban J connectivity index is 2.31. The molecule has 0 heterocycles. The predicted octanol–water partition coefficient (Wildman–Crippen LogP) is 1.57. The number of hydrogen-bond acceptors (Lipinski definition) is 3. The Labute approximate surface area is 89.0 Å². The van der Waals surface area contributed by atoms with Gasteiger partial charge in [0.2, 0.25) is 0 Å². The lowest BCUT2D eigenvalue weighted by atomic mass is 10.2. The van der Waals surface area contributed by atoms with Gasteiger partial charge in [-0.1, -0.05) is 24.8 Å². The molecule has 15 heavy (non-hydrogen) atoms. The number of para-hydroxylation sites is 1. The fourth-order valence-electron chi connectivity index (χ4n) is 1.08. The van der Waals surface area contributed by atoms with Crippen molar-refractivity contribution >= 4 is 5.78 Å². The van der Waals surface area contributed by atoms with Gasteiger partial charge in [0.05, 0.1) is 6.10 Å². The Hall–Kier alpha value is -1.61. The molecule has 1 N–H and O–H groups in total. The molecule has 0 saturated heterocycles. The zero-order valence-electron chi connectivity index (χ0n) is 8.43. The molecule has 1 rings (SSSR count). The van der Waals surface area contributed by atoms with Crippen LogP contribution in [-0.4, -0.2) is 23.6 Å². The molecule has 0 aliphatic heterocycles. The SMILES string of the molecule is C=CC(=O)CC(O)COc1ccccc1. The summed E-state index contributed by atoms with van der Waals surface area (Å²) < 4.78 is 5.28. The molecule has 80 valence electrons. The van der Waals surface area contributed by atoms with Crippen molar-refractivity contribution in [1.29, 1.82) is 0 Å². The monoisotopic (exact) mass is 206 g/mol. The highest BCUT2D eigenvalue weighted by atomic mass is 16.5. The molecule has 0 aliphatic rings. The number of ketones is 1. The first-order valence-electron chi connectivity index (χ1n) is 4.73. The Morgan fingerprint density at radius 3 is 2.73 bits per heavy atom. The number of carbonyl (C=O) groups is 1. The normalized spacial score (nSPS) is 11.8. The zero-order valence-corrected chi connectivity index (χ0v) is 8.43. The van der Waals surface area contributed by atoms with Crippen LogP contribution in [0.4, 0.5) is 0 Å². The number of rotatable bonds is 6. The molecule has 1 aromatic carbocycles. The van der Waals surface area contributed by atoms with E-state index in [1.165, 1.54) is 6.08 Å². The highest BCUT2D eigenvalue weighted by Gasteiger charge is 2.08. The Bertz CT molecular complexity index is 319. The first kappa shape index (κ1) is 11.5. The lowest BCUT2D eigenvalue weighted by molar-refractivity contribution is -0.116. The zero-order chi connectivity index (χ0) is 11.1. The number of hydrogen-bond donors (Lipinski definition) is 1. The molecular formula is C12H14O3. The highest BCUT2D eigenvalue weighted by molar-refractivity contribution is 5.89. The summed E-state index contributed by atoms with van der Waals surface area (Å²) in [6.07, 6.45) is 0.470. The molecule has 3 heteroatoms. The molecule has 0 bridgehead atoms. The first-order valence-corrected chi connectivity index (χ1v) is 4.73. The lowest BCUT2D eigenvalue weighted by Crippen LogP contribution is -2.20. The van der Waals surface area contributed by atoms with Crippen LogP contribution in [0, 0.1) is 0 Å². The fourth-order valence-corrected chi connectivity index (χ4v) is 1.08. The van der Waals surface area contributed by atoms with E-state index in [1.807, 2.05) is 18.2 Å². The molecule has 0 radical (unpaired) electrons. The summed E-state index contributed by atoms with van der Waals surface area (Å²) in [6, 6.07) is 9.15. The number of allylic oxidation sites excluding steroid dienone is 1. The van der Waals surface area contributed by atoms with Crippen LogP contribution in [-0.2, 0) is 4.79 Å². The van der Waals surface area contributed by atoms with E-state index in [4.69, 9.17) is 4.74 Å². The molecule has 0 saturated carbocycles. The minimum atomic E-state index is -0.782. The second-order valence-electron chi connectivity index (χ2n) is 3.15. The van der Waals surface area contributed by atoms with Crippen molar-refractivity contribution in [2.75, 3.05) is 6.61 Å². The Kier molecular flexibility index (Phi) is 4.57. The van der Waals surface area contributed by atoms with Crippen molar-refractivity contribution in [1.82, 2.24) is 0 Å². The van der Waals surface area contributed by atoms with Gasteiger partial charge in [0.25, 0.3) is 0 Å². The minimum Gasteiger partial charge on any atom is -0.491 e. The minimum absolute atomic E-state index is 0.0519. The molecule has 0 aliphatic carbocycles. The number of aliphatic hydroxyl groups excluding tert-OH is 1. The predicted molar refractivity (Wildman–Crippen MR) is 57.8 cm³/mol. The molecule has 1 atom stereocenters. The maximum Gasteiger partial charge on any atom is 0.157 e. The van der Waals surface area contributed by atoms with Crippen LogP contribution in [0.25, 0.3) is 0 Å². The smallest absolute Gasteiger partial charge is 0.157 e. The van der Waals surface area contributed by atoms with Gasteiger partial charge in [-0.15, -0.1) is 0 Å². The van der Waals surface area contributed by atoms with Gasteiger partial charge in [0, 0.05) is 6.42 Å². The molecule has 0 amide bonds. The summed E-state index contributed by atoms with van der Waals surface area (Å²) in [7, 11) is 0. The van der Waals surface area contributed by atoms with Crippen molar-refractivity contribution in [3.8, 4) is 5.75 Å². The van der Waals surface area contributed by atoms with Crippen molar-refractivity contribution in [3.05, 3.63) is 43.0 Å². The molecule has 0 fully saturated rings. The summed E-state index contributed by atoms with van der Waals surface area (Å²) >= 11 is 0. The first-order chi connectivity index (χ1) is 7.22. The van der Waals surface area contributed by atoms with Crippen molar-refractivity contribution in [2.45, 2.75) is 12.5 Å². The molecule has 3 nitrogen and oxygen atoms in total. The molecule has 0 spiro atoms. The number of ether oxygens (including phenoxy) is 1. The van der Waals surface area contributed by atoms with Crippen LogP contribution in [0.15, 0.2) is 43.0 Å². The molecule has 1 aromatic rings.